The molecule has 4 nitrogen and oxygen atoms in total. The van der Waals surface area contributed by atoms with Crippen LogP contribution < -0.4 is 11.1 Å². The number of hydrogen-bond donors (Lipinski definition) is 2. The van der Waals surface area contributed by atoms with Crippen LogP contribution in [0.2, 0.25) is 0 Å². The van der Waals surface area contributed by atoms with Gasteiger partial charge in [0, 0.05) is 11.9 Å². The molecule has 5 heteroatoms. The summed E-state index contributed by atoms with van der Waals surface area (Å²) in [4.78, 5) is 4.14. The molecule has 2 rings (SSSR count). The summed E-state index contributed by atoms with van der Waals surface area (Å²) in [6, 6.07) is 7.73. The zero-order valence-electron chi connectivity index (χ0n) is 9.74. The van der Waals surface area contributed by atoms with Gasteiger partial charge in [-0.25, -0.2) is 9.37 Å². The third-order valence-electron chi connectivity index (χ3n) is 2.40. The summed E-state index contributed by atoms with van der Waals surface area (Å²) in [6.07, 6.45) is 1.67. The highest BCUT2D eigenvalue weighted by molar-refractivity contribution is 5.69. The van der Waals surface area contributed by atoms with Crippen molar-refractivity contribution in [1.29, 1.82) is 5.26 Å². The van der Waals surface area contributed by atoms with E-state index in [1.165, 1.54) is 18.2 Å². The number of nitrogens with two attached hydrogens (primary N) is 1. The normalized spacial score (nSPS) is 9.83. The minimum atomic E-state index is -0.548. The molecule has 1 aromatic carbocycles. The number of rotatable bonds is 2. The van der Waals surface area contributed by atoms with E-state index in [-0.39, 0.29) is 5.56 Å². The van der Waals surface area contributed by atoms with Crippen molar-refractivity contribution in [3.05, 3.63) is 47.4 Å². The molecule has 0 aliphatic heterocycles. The van der Waals surface area contributed by atoms with Gasteiger partial charge >= 0.3 is 0 Å². The van der Waals surface area contributed by atoms with Gasteiger partial charge in [0.25, 0.3) is 0 Å². The number of pyridine rings is 1. The number of hydrogen-bond acceptors (Lipinski definition) is 4. The molecule has 0 amide bonds. The minimum absolute atomic E-state index is 0.0225. The van der Waals surface area contributed by atoms with E-state index < -0.39 is 5.82 Å². The quantitative estimate of drug-likeness (QED) is 0.849. The Balaban J connectivity index is 2.32. The van der Waals surface area contributed by atoms with Gasteiger partial charge in [0.05, 0.1) is 11.3 Å². The summed E-state index contributed by atoms with van der Waals surface area (Å²) in [6.45, 7) is 1.89. The van der Waals surface area contributed by atoms with Gasteiger partial charge in [-0.2, -0.15) is 5.26 Å². The summed E-state index contributed by atoms with van der Waals surface area (Å²) in [5, 5.41) is 11.7. The molecular formula is C13H11FN4. The maximum atomic E-state index is 13.2. The first kappa shape index (κ1) is 11.9. The molecule has 18 heavy (non-hydrogen) atoms. The van der Waals surface area contributed by atoms with Crippen molar-refractivity contribution in [1.82, 2.24) is 4.98 Å². The first-order valence-corrected chi connectivity index (χ1v) is 5.29. The van der Waals surface area contributed by atoms with Crippen molar-refractivity contribution >= 4 is 17.2 Å². The third kappa shape index (κ3) is 2.38. The molecule has 2 aromatic rings. The lowest BCUT2D eigenvalue weighted by molar-refractivity contribution is 0.624. The van der Waals surface area contributed by atoms with Crippen LogP contribution in [0.1, 0.15) is 11.1 Å². The fourth-order valence-corrected chi connectivity index (χ4v) is 1.52. The van der Waals surface area contributed by atoms with E-state index in [4.69, 9.17) is 11.0 Å². The Morgan fingerprint density at radius 3 is 2.83 bits per heavy atom. The van der Waals surface area contributed by atoms with Crippen molar-refractivity contribution in [3.63, 3.8) is 0 Å². The van der Waals surface area contributed by atoms with Crippen LogP contribution in [-0.4, -0.2) is 4.98 Å². The number of nitrogens with zero attached hydrogens (tertiary/aromatic N) is 2. The number of aromatic nitrogens is 1. The number of nitriles is 1. The second-order valence-electron chi connectivity index (χ2n) is 3.88. The van der Waals surface area contributed by atoms with E-state index >= 15 is 0 Å². The van der Waals surface area contributed by atoms with Crippen LogP contribution in [-0.2, 0) is 0 Å². The van der Waals surface area contributed by atoms with Crippen molar-refractivity contribution in [2.75, 3.05) is 11.1 Å². The highest BCUT2D eigenvalue weighted by Crippen LogP contribution is 2.22. The van der Waals surface area contributed by atoms with Crippen LogP contribution in [0, 0.1) is 24.1 Å². The fourth-order valence-electron chi connectivity index (χ4n) is 1.52. The Bertz CT molecular complexity index is 631. The van der Waals surface area contributed by atoms with Crippen molar-refractivity contribution < 1.29 is 4.39 Å². The Kier molecular flexibility index (Phi) is 3.11. The first-order valence-electron chi connectivity index (χ1n) is 5.29. The summed E-state index contributed by atoms with van der Waals surface area (Å²) in [5.74, 6) is -0.0658. The van der Waals surface area contributed by atoms with Gasteiger partial charge in [0.2, 0.25) is 0 Å². The van der Waals surface area contributed by atoms with Gasteiger partial charge in [-0.1, -0.05) is 0 Å². The minimum Gasteiger partial charge on any atom is -0.396 e. The number of nitrogen functional groups attached to an aromatic ring is 1. The van der Waals surface area contributed by atoms with Crippen molar-refractivity contribution in [3.8, 4) is 6.07 Å². The predicted octanol–water partition coefficient (Wildman–Crippen LogP) is 2.73. The van der Waals surface area contributed by atoms with Gasteiger partial charge in [-0.15, -0.1) is 0 Å². The molecule has 3 N–H and O–H groups in total. The number of nitrogens with one attached hydrogen (secondary N) is 1. The van der Waals surface area contributed by atoms with E-state index in [1.807, 2.05) is 6.92 Å². The molecule has 0 unspecified atom stereocenters. The van der Waals surface area contributed by atoms with Crippen LogP contribution in [0.15, 0.2) is 30.5 Å². The lowest BCUT2D eigenvalue weighted by Crippen LogP contribution is -2.00. The summed E-state index contributed by atoms with van der Waals surface area (Å²) in [5.41, 5.74) is 7.80. The summed E-state index contributed by atoms with van der Waals surface area (Å²) in [7, 11) is 0. The van der Waals surface area contributed by atoms with Crippen molar-refractivity contribution in [2.24, 2.45) is 0 Å². The average molecular weight is 242 g/mol. The third-order valence-corrected chi connectivity index (χ3v) is 2.40. The lowest BCUT2D eigenvalue weighted by atomic mass is 10.2. The van der Waals surface area contributed by atoms with Gasteiger partial charge in [-0.05, 0) is 36.8 Å². The van der Waals surface area contributed by atoms with E-state index in [0.717, 1.165) is 5.56 Å². The molecule has 0 saturated heterocycles. The molecule has 90 valence electrons. The van der Waals surface area contributed by atoms with E-state index in [9.17, 15) is 4.39 Å². The second-order valence-corrected chi connectivity index (χ2v) is 3.88. The van der Waals surface area contributed by atoms with Crippen LogP contribution >= 0.6 is 0 Å². The number of benzene rings is 1. The molecule has 0 bridgehead atoms. The first-order chi connectivity index (χ1) is 8.60. The van der Waals surface area contributed by atoms with Crippen molar-refractivity contribution in [2.45, 2.75) is 6.92 Å². The zero-order chi connectivity index (χ0) is 13.1. The maximum absolute atomic E-state index is 13.2. The van der Waals surface area contributed by atoms with Gasteiger partial charge in [0.1, 0.15) is 11.9 Å². The van der Waals surface area contributed by atoms with Crippen LogP contribution in [0.25, 0.3) is 0 Å². The fraction of sp³-hybridized carbons (Fsp3) is 0.0769. The number of halogens is 1. The number of anilines is 3. The zero-order valence-corrected chi connectivity index (χ0v) is 9.74. The second kappa shape index (κ2) is 4.72. The molecule has 1 heterocycles. The number of aryl methyl sites for hydroxylation is 1. The molecule has 0 spiro atoms. The topological polar surface area (TPSA) is 74.7 Å². The van der Waals surface area contributed by atoms with Gasteiger partial charge < -0.3 is 11.1 Å². The Morgan fingerprint density at radius 2 is 2.17 bits per heavy atom. The highest BCUT2D eigenvalue weighted by atomic mass is 19.1. The molecule has 0 saturated carbocycles. The molecule has 1 aromatic heterocycles. The molecule has 0 aliphatic carbocycles. The largest absolute Gasteiger partial charge is 0.396 e. The maximum Gasteiger partial charge on any atom is 0.153 e. The highest BCUT2D eigenvalue weighted by Gasteiger charge is 2.05. The molecule has 0 fully saturated rings. The monoisotopic (exact) mass is 242 g/mol. The van der Waals surface area contributed by atoms with E-state index in [1.54, 1.807) is 18.3 Å². The van der Waals surface area contributed by atoms with E-state index in [0.29, 0.717) is 17.2 Å². The Morgan fingerprint density at radius 1 is 1.39 bits per heavy atom. The SMILES string of the molecule is Cc1cnc(Nc2ccc(F)c(C#N)c2)c(N)c1. The Labute approximate surface area is 104 Å². The van der Waals surface area contributed by atoms with E-state index in [2.05, 4.69) is 10.3 Å². The average Bonchev–Trinajstić information content (AvgIpc) is 2.35. The molecule has 0 atom stereocenters. The van der Waals surface area contributed by atoms with Gasteiger partial charge in [0.15, 0.2) is 5.82 Å². The Hall–Kier alpha value is -2.61. The lowest BCUT2D eigenvalue weighted by Gasteiger charge is -2.09. The standard InChI is InChI=1S/C13H11FN4/c1-8-4-12(16)13(17-7-8)18-10-2-3-11(14)9(5-10)6-15/h2-5,7H,16H2,1H3,(H,17,18). The van der Waals surface area contributed by atoms with Crippen LogP contribution in [0.5, 0.6) is 0 Å². The molecule has 0 radical (unpaired) electrons. The van der Waals surface area contributed by atoms with Crippen LogP contribution in [0.4, 0.5) is 21.6 Å². The summed E-state index contributed by atoms with van der Waals surface area (Å²) < 4.78 is 13.2. The van der Waals surface area contributed by atoms with Crippen LogP contribution in [0.3, 0.4) is 0 Å². The predicted molar refractivity (Wildman–Crippen MR) is 67.8 cm³/mol. The smallest absolute Gasteiger partial charge is 0.153 e. The van der Waals surface area contributed by atoms with Gasteiger partial charge in [-0.3, -0.25) is 0 Å². The molecule has 0 aliphatic rings. The molecular weight excluding hydrogens is 231 g/mol. The summed E-state index contributed by atoms with van der Waals surface area (Å²) >= 11 is 0.